The van der Waals surface area contributed by atoms with Gasteiger partial charge in [0.2, 0.25) is 0 Å². The van der Waals surface area contributed by atoms with Crippen molar-refractivity contribution in [2.75, 3.05) is 0 Å². The average molecular weight is 501 g/mol. The van der Waals surface area contributed by atoms with Gasteiger partial charge in [-0.15, -0.1) is 0 Å². The zero-order valence-electron chi connectivity index (χ0n) is 22.0. The molecule has 0 radical (unpaired) electrons. The van der Waals surface area contributed by atoms with Crippen molar-refractivity contribution in [1.82, 2.24) is 0 Å². The predicted molar refractivity (Wildman–Crippen MR) is 137 cm³/mol. The summed E-state index contributed by atoms with van der Waals surface area (Å²) in [4.78, 5) is 25.6. The molecule has 0 saturated heterocycles. The molecule has 0 N–H and O–H groups in total. The van der Waals surface area contributed by atoms with Crippen molar-refractivity contribution >= 4 is 23.4 Å². The number of benzene rings is 1. The molecule has 4 saturated carbocycles. The van der Waals surface area contributed by atoms with Crippen LogP contribution in [0.15, 0.2) is 24.3 Å². The Labute approximate surface area is 215 Å². The molecule has 1 aromatic rings. The van der Waals surface area contributed by atoms with Crippen LogP contribution in [-0.2, 0) is 14.3 Å². The largest absolute Gasteiger partial charge is 0.476 e. The van der Waals surface area contributed by atoms with Crippen LogP contribution in [0.5, 0.6) is 5.75 Å². The van der Waals surface area contributed by atoms with Crippen LogP contribution in [0.2, 0.25) is 5.02 Å². The molecule has 35 heavy (non-hydrogen) atoms. The average Bonchev–Trinajstić information content (AvgIpc) is 3.12. The van der Waals surface area contributed by atoms with Crippen molar-refractivity contribution in [2.24, 2.45) is 34.0 Å². The second-order valence-electron chi connectivity index (χ2n) is 13.2. The number of Topliss-reactive ketones (excluding diaryl/α,β-unsaturated/α-hetero) is 1. The topological polar surface area (TPSA) is 52.6 Å². The molecule has 4 aliphatic rings. The molecule has 0 unspecified atom stereocenters. The highest BCUT2D eigenvalue weighted by atomic mass is 35.5. The second-order valence-corrected chi connectivity index (χ2v) is 13.6. The van der Waals surface area contributed by atoms with E-state index in [0.29, 0.717) is 34.3 Å². The highest BCUT2D eigenvalue weighted by Gasteiger charge is 2.64. The molecule has 0 aromatic heterocycles. The lowest BCUT2D eigenvalue weighted by atomic mass is 9.40. The number of esters is 1. The number of halogens is 1. The normalized spacial score (nSPS) is 40.9. The fourth-order valence-electron chi connectivity index (χ4n) is 8.66. The van der Waals surface area contributed by atoms with E-state index in [1.54, 1.807) is 38.1 Å². The minimum absolute atomic E-state index is 0.0156. The molecule has 0 amide bonds. The van der Waals surface area contributed by atoms with E-state index in [-0.39, 0.29) is 28.3 Å². The van der Waals surface area contributed by atoms with Crippen LogP contribution < -0.4 is 4.74 Å². The number of ether oxygens (including phenoxy) is 2. The van der Waals surface area contributed by atoms with Gasteiger partial charge in [-0.25, -0.2) is 4.79 Å². The van der Waals surface area contributed by atoms with Gasteiger partial charge in [-0.05, 0) is 112 Å². The minimum Gasteiger partial charge on any atom is -0.476 e. The second kappa shape index (κ2) is 8.50. The van der Waals surface area contributed by atoms with Gasteiger partial charge in [0.05, 0.1) is 0 Å². The molecule has 0 spiro atoms. The molecule has 0 heterocycles. The van der Waals surface area contributed by atoms with Crippen molar-refractivity contribution in [2.45, 2.75) is 104 Å². The van der Waals surface area contributed by atoms with E-state index in [1.165, 1.54) is 12.8 Å². The summed E-state index contributed by atoms with van der Waals surface area (Å²) >= 11 is 5.99. The van der Waals surface area contributed by atoms with E-state index < -0.39 is 5.60 Å². The van der Waals surface area contributed by atoms with E-state index in [4.69, 9.17) is 21.1 Å². The molecule has 7 atom stereocenters. The first-order valence-corrected chi connectivity index (χ1v) is 13.9. The molecule has 1 aromatic carbocycles. The van der Waals surface area contributed by atoms with Crippen LogP contribution >= 0.6 is 11.6 Å². The van der Waals surface area contributed by atoms with Gasteiger partial charge in [0.25, 0.3) is 0 Å². The van der Waals surface area contributed by atoms with Crippen molar-refractivity contribution < 1.29 is 19.1 Å². The molecule has 0 bridgehead atoms. The third kappa shape index (κ3) is 4.03. The summed E-state index contributed by atoms with van der Waals surface area (Å²) in [7, 11) is 0. The van der Waals surface area contributed by atoms with Gasteiger partial charge in [0.15, 0.2) is 5.60 Å². The number of rotatable bonds is 4. The van der Waals surface area contributed by atoms with Crippen LogP contribution in [0.1, 0.15) is 92.4 Å². The quantitative estimate of drug-likeness (QED) is 0.404. The molecule has 5 heteroatoms. The Kier molecular flexibility index (Phi) is 6.10. The predicted octanol–water partition coefficient (Wildman–Crippen LogP) is 7.41. The molecular formula is C30H41ClO4. The van der Waals surface area contributed by atoms with Gasteiger partial charge >= 0.3 is 5.97 Å². The van der Waals surface area contributed by atoms with E-state index in [1.807, 2.05) is 0 Å². The van der Waals surface area contributed by atoms with Crippen LogP contribution in [-0.4, -0.2) is 23.5 Å². The standard InChI is InChI=1S/C30H41ClO4/c1-27(2,35-21-8-6-19(31)7-9-21)26(33)34-25-11-10-23-22-13-15-28(3)18-20(32)12-17-30(28,5)24(22)14-16-29(23,25)4/h6-9,22-25H,10-18H2,1-5H3/t22-,23-,24-,25-,28-,29-,30+/m0/s1. The molecule has 4 nitrogen and oxygen atoms in total. The van der Waals surface area contributed by atoms with Crippen molar-refractivity contribution in [3.8, 4) is 5.75 Å². The summed E-state index contributed by atoms with van der Waals surface area (Å²) in [5.74, 6) is 2.69. The van der Waals surface area contributed by atoms with Crippen LogP contribution in [0.25, 0.3) is 0 Å². The minimum atomic E-state index is -1.08. The maximum Gasteiger partial charge on any atom is 0.350 e. The van der Waals surface area contributed by atoms with Crippen molar-refractivity contribution in [3.05, 3.63) is 29.3 Å². The maximum absolute atomic E-state index is 13.3. The molecule has 0 aliphatic heterocycles. The number of fused-ring (bicyclic) bond motifs is 5. The van der Waals surface area contributed by atoms with Gasteiger partial charge in [0, 0.05) is 23.3 Å². The Balaban J connectivity index is 1.30. The Morgan fingerprint density at radius 2 is 1.69 bits per heavy atom. The molecule has 5 rings (SSSR count). The fraction of sp³-hybridized carbons (Fsp3) is 0.733. The molecule has 4 aliphatic carbocycles. The lowest BCUT2D eigenvalue weighted by Gasteiger charge is -2.64. The van der Waals surface area contributed by atoms with Gasteiger partial charge < -0.3 is 9.47 Å². The van der Waals surface area contributed by atoms with Crippen LogP contribution in [0.4, 0.5) is 0 Å². The first-order valence-electron chi connectivity index (χ1n) is 13.6. The van der Waals surface area contributed by atoms with E-state index in [2.05, 4.69) is 20.8 Å². The SMILES string of the molecule is CC(C)(Oc1ccc(Cl)cc1)C(=O)O[C@H]1CC[C@H]2[C@@H]3CC[C@@]4(C)CC(=O)CC[C@]4(C)[C@H]3CC[C@]12C. The zero-order chi connectivity index (χ0) is 25.2. The van der Waals surface area contributed by atoms with Gasteiger partial charge in [-0.3, -0.25) is 4.79 Å². The Morgan fingerprint density at radius 3 is 2.40 bits per heavy atom. The van der Waals surface area contributed by atoms with E-state index in [0.717, 1.165) is 44.9 Å². The number of ketones is 1. The fourth-order valence-corrected chi connectivity index (χ4v) is 8.78. The first kappa shape index (κ1) is 25.1. The summed E-state index contributed by atoms with van der Waals surface area (Å²) in [5.41, 5.74) is -0.672. The monoisotopic (exact) mass is 500 g/mol. The lowest BCUT2D eigenvalue weighted by molar-refractivity contribution is -0.183. The van der Waals surface area contributed by atoms with E-state index in [9.17, 15) is 9.59 Å². The Bertz CT molecular complexity index is 1000. The summed E-state index contributed by atoms with van der Waals surface area (Å²) < 4.78 is 12.3. The van der Waals surface area contributed by atoms with Gasteiger partial charge in [-0.2, -0.15) is 0 Å². The first-order chi connectivity index (χ1) is 16.4. The number of hydrogen-bond donors (Lipinski definition) is 0. The molecule has 4 fully saturated rings. The zero-order valence-corrected chi connectivity index (χ0v) is 22.7. The van der Waals surface area contributed by atoms with Gasteiger partial charge in [-0.1, -0.05) is 32.4 Å². The lowest BCUT2D eigenvalue weighted by Crippen LogP contribution is -2.58. The molecular weight excluding hydrogens is 460 g/mol. The number of carbonyl (C=O) groups is 2. The number of hydrogen-bond acceptors (Lipinski definition) is 4. The smallest absolute Gasteiger partial charge is 0.350 e. The third-order valence-electron chi connectivity index (χ3n) is 11.0. The van der Waals surface area contributed by atoms with Crippen LogP contribution in [0.3, 0.4) is 0 Å². The van der Waals surface area contributed by atoms with Crippen molar-refractivity contribution in [3.63, 3.8) is 0 Å². The van der Waals surface area contributed by atoms with Gasteiger partial charge in [0.1, 0.15) is 17.6 Å². The summed E-state index contributed by atoms with van der Waals surface area (Å²) in [6.07, 6.45) is 9.17. The third-order valence-corrected chi connectivity index (χ3v) is 11.3. The highest BCUT2D eigenvalue weighted by molar-refractivity contribution is 6.30. The highest BCUT2D eigenvalue weighted by Crippen LogP contribution is 2.69. The Hall–Kier alpha value is -1.55. The Morgan fingerprint density at radius 1 is 0.971 bits per heavy atom. The summed E-state index contributed by atoms with van der Waals surface area (Å²) in [6.45, 7) is 10.8. The van der Waals surface area contributed by atoms with Crippen molar-refractivity contribution in [1.29, 1.82) is 0 Å². The summed E-state index contributed by atoms with van der Waals surface area (Å²) in [6, 6.07) is 7.08. The molecule has 192 valence electrons. The van der Waals surface area contributed by atoms with E-state index >= 15 is 0 Å². The van der Waals surface area contributed by atoms with Crippen LogP contribution in [0, 0.1) is 34.0 Å². The maximum atomic E-state index is 13.3. The summed E-state index contributed by atoms with van der Waals surface area (Å²) in [5, 5.41) is 0.634. The number of carbonyl (C=O) groups excluding carboxylic acids is 2.